The molecule has 1 aliphatic rings. The fourth-order valence-electron chi connectivity index (χ4n) is 2.22. The minimum Gasteiger partial charge on any atom is -0.334 e. The van der Waals surface area contributed by atoms with Gasteiger partial charge in [0, 0.05) is 23.8 Å². The standard InChI is InChI=1S/C13H14N2S/c1-2-11(4-7-15-8-6-14-10-15)12-5-9-16-13(12)3-1/h4-6,8-10H,1-3,7H2/b11-4+. The van der Waals surface area contributed by atoms with Gasteiger partial charge < -0.3 is 4.57 Å². The van der Waals surface area contributed by atoms with Crippen LogP contribution < -0.4 is 0 Å². The molecule has 0 saturated heterocycles. The van der Waals surface area contributed by atoms with Crippen molar-refractivity contribution < 1.29 is 0 Å². The number of fused-ring (bicyclic) bond motifs is 1. The Morgan fingerprint density at radius 3 is 3.31 bits per heavy atom. The Morgan fingerprint density at radius 2 is 2.44 bits per heavy atom. The van der Waals surface area contributed by atoms with E-state index >= 15 is 0 Å². The van der Waals surface area contributed by atoms with E-state index in [4.69, 9.17) is 0 Å². The van der Waals surface area contributed by atoms with Crippen molar-refractivity contribution in [3.63, 3.8) is 0 Å². The number of nitrogens with zero attached hydrogens (tertiary/aromatic N) is 2. The number of imidazole rings is 1. The lowest BCUT2D eigenvalue weighted by Crippen LogP contribution is -1.99. The molecule has 0 unspecified atom stereocenters. The molecule has 0 N–H and O–H groups in total. The van der Waals surface area contributed by atoms with Crippen LogP contribution >= 0.6 is 11.3 Å². The van der Waals surface area contributed by atoms with E-state index in [1.165, 1.54) is 30.4 Å². The second kappa shape index (κ2) is 4.26. The zero-order valence-corrected chi connectivity index (χ0v) is 9.91. The van der Waals surface area contributed by atoms with Crippen molar-refractivity contribution >= 4 is 16.9 Å². The van der Waals surface area contributed by atoms with Crippen molar-refractivity contribution in [2.45, 2.75) is 25.8 Å². The summed E-state index contributed by atoms with van der Waals surface area (Å²) in [4.78, 5) is 5.61. The van der Waals surface area contributed by atoms with E-state index in [2.05, 4.69) is 27.1 Å². The molecule has 0 aromatic carbocycles. The lowest BCUT2D eigenvalue weighted by atomic mass is 9.93. The second-order valence-corrected chi connectivity index (χ2v) is 5.10. The number of aromatic nitrogens is 2. The molecule has 2 heterocycles. The molecular weight excluding hydrogens is 216 g/mol. The summed E-state index contributed by atoms with van der Waals surface area (Å²) >= 11 is 1.89. The van der Waals surface area contributed by atoms with Crippen molar-refractivity contribution in [1.82, 2.24) is 9.55 Å². The minimum absolute atomic E-state index is 0.935. The Morgan fingerprint density at radius 1 is 1.44 bits per heavy atom. The molecule has 2 aromatic rings. The van der Waals surface area contributed by atoms with Crippen LogP contribution in [-0.4, -0.2) is 9.55 Å². The van der Waals surface area contributed by atoms with Crippen LogP contribution in [0.25, 0.3) is 5.57 Å². The van der Waals surface area contributed by atoms with Gasteiger partial charge in [-0.2, -0.15) is 0 Å². The van der Waals surface area contributed by atoms with Crippen molar-refractivity contribution in [1.29, 1.82) is 0 Å². The highest BCUT2D eigenvalue weighted by Gasteiger charge is 2.14. The molecule has 0 amide bonds. The average Bonchev–Trinajstić information content (AvgIpc) is 2.97. The normalized spacial score (nSPS) is 17.6. The summed E-state index contributed by atoms with van der Waals surface area (Å²) in [6.07, 6.45) is 11.8. The van der Waals surface area contributed by atoms with Crippen LogP contribution in [0.2, 0.25) is 0 Å². The van der Waals surface area contributed by atoms with Gasteiger partial charge in [-0.15, -0.1) is 11.3 Å². The predicted octanol–water partition coefficient (Wildman–Crippen LogP) is 3.36. The summed E-state index contributed by atoms with van der Waals surface area (Å²) in [5, 5.41) is 2.21. The van der Waals surface area contributed by atoms with Gasteiger partial charge in [-0.1, -0.05) is 6.08 Å². The number of hydrogen-bond acceptors (Lipinski definition) is 2. The number of hydrogen-bond donors (Lipinski definition) is 0. The van der Waals surface area contributed by atoms with E-state index in [0.29, 0.717) is 0 Å². The van der Waals surface area contributed by atoms with Gasteiger partial charge >= 0.3 is 0 Å². The third kappa shape index (κ3) is 1.83. The second-order valence-electron chi connectivity index (χ2n) is 4.10. The van der Waals surface area contributed by atoms with Crippen LogP contribution in [-0.2, 0) is 13.0 Å². The number of thiophene rings is 1. The first kappa shape index (κ1) is 9.85. The lowest BCUT2D eigenvalue weighted by molar-refractivity contribution is 0.801. The van der Waals surface area contributed by atoms with Crippen LogP contribution in [0, 0.1) is 0 Å². The van der Waals surface area contributed by atoms with Gasteiger partial charge in [0.15, 0.2) is 0 Å². The van der Waals surface area contributed by atoms with Crippen molar-refractivity contribution in [3.05, 3.63) is 46.7 Å². The van der Waals surface area contributed by atoms with Gasteiger partial charge in [-0.25, -0.2) is 4.98 Å². The first-order valence-electron chi connectivity index (χ1n) is 5.65. The highest BCUT2D eigenvalue weighted by atomic mass is 32.1. The van der Waals surface area contributed by atoms with Crippen LogP contribution in [0.5, 0.6) is 0 Å². The number of allylic oxidation sites excluding steroid dienone is 2. The Bertz CT molecular complexity index is 494. The van der Waals surface area contributed by atoms with E-state index in [-0.39, 0.29) is 0 Å². The van der Waals surface area contributed by atoms with E-state index in [0.717, 1.165) is 6.54 Å². The first-order valence-corrected chi connectivity index (χ1v) is 6.53. The fourth-order valence-corrected chi connectivity index (χ4v) is 3.17. The summed E-state index contributed by atoms with van der Waals surface area (Å²) in [5.41, 5.74) is 2.99. The first-order chi connectivity index (χ1) is 7.93. The molecule has 0 saturated carbocycles. The van der Waals surface area contributed by atoms with Crippen molar-refractivity contribution in [2.75, 3.05) is 0 Å². The van der Waals surface area contributed by atoms with E-state index in [9.17, 15) is 0 Å². The van der Waals surface area contributed by atoms with Crippen molar-refractivity contribution in [2.24, 2.45) is 0 Å². The Hall–Kier alpha value is -1.35. The Labute approximate surface area is 99.3 Å². The average molecular weight is 230 g/mol. The van der Waals surface area contributed by atoms with Crippen LogP contribution in [0.3, 0.4) is 0 Å². The number of rotatable bonds is 2. The predicted molar refractivity (Wildman–Crippen MR) is 67.5 cm³/mol. The zero-order valence-electron chi connectivity index (χ0n) is 9.10. The van der Waals surface area contributed by atoms with Crippen LogP contribution in [0.4, 0.5) is 0 Å². The maximum absolute atomic E-state index is 4.06. The minimum atomic E-state index is 0.935. The molecular formula is C13H14N2S. The smallest absolute Gasteiger partial charge is 0.0948 e. The SMILES string of the molecule is C(/Cn1ccnc1)=C1/CCCc2sccc21. The van der Waals surface area contributed by atoms with Crippen molar-refractivity contribution in [3.8, 4) is 0 Å². The highest BCUT2D eigenvalue weighted by Crippen LogP contribution is 2.33. The molecule has 0 aliphatic heterocycles. The summed E-state index contributed by atoms with van der Waals surface area (Å²) in [7, 11) is 0. The largest absolute Gasteiger partial charge is 0.334 e. The molecule has 3 rings (SSSR count). The quantitative estimate of drug-likeness (QED) is 0.773. The van der Waals surface area contributed by atoms with Gasteiger partial charge in [0.2, 0.25) is 0 Å². The molecule has 3 heteroatoms. The maximum Gasteiger partial charge on any atom is 0.0948 e. The third-order valence-corrected chi connectivity index (χ3v) is 4.03. The monoisotopic (exact) mass is 230 g/mol. The topological polar surface area (TPSA) is 17.8 Å². The summed E-state index contributed by atoms with van der Waals surface area (Å²) < 4.78 is 2.10. The van der Waals surface area contributed by atoms with Gasteiger partial charge in [-0.05, 0) is 41.8 Å². The fraction of sp³-hybridized carbons (Fsp3) is 0.308. The summed E-state index contributed by atoms with van der Waals surface area (Å²) in [6, 6.07) is 2.26. The number of aryl methyl sites for hydroxylation is 1. The molecule has 2 nitrogen and oxygen atoms in total. The molecule has 0 radical (unpaired) electrons. The Balaban J connectivity index is 1.84. The molecule has 0 spiro atoms. The lowest BCUT2D eigenvalue weighted by Gasteiger charge is -2.14. The van der Waals surface area contributed by atoms with Gasteiger partial charge in [0.25, 0.3) is 0 Å². The van der Waals surface area contributed by atoms with Gasteiger partial charge in [0.05, 0.1) is 6.33 Å². The molecule has 1 aliphatic carbocycles. The molecule has 0 bridgehead atoms. The molecule has 0 atom stereocenters. The highest BCUT2D eigenvalue weighted by molar-refractivity contribution is 7.10. The molecule has 2 aromatic heterocycles. The van der Waals surface area contributed by atoms with E-state index < -0.39 is 0 Å². The summed E-state index contributed by atoms with van der Waals surface area (Å²) in [5.74, 6) is 0. The molecule has 82 valence electrons. The molecule has 16 heavy (non-hydrogen) atoms. The van der Waals surface area contributed by atoms with E-state index in [1.54, 1.807) is 4.88 Å². The maximum atomic E-state index is 4.06. The molecule has 0 fully saturated rings. The van der Waals surface area contributed by atoms with Gasteiger partial charge in [0.1, 0.15) is 0 Å². The van der Waals surface area contributed by atoms with Gasteiger partial charge in [-0.3, -0.25) is 0 Å². The zero-order chi connectivity index (χ0) is 10.8. The van der Waals surface area contributed by atoms with Crippen LogP contribution in [0.15, 0.2) is 36.2 Å². The van der Waals surface area contributed by atoms with Crippen LogP contribution in [0.1, 0.15) is 23.3 Å². The third-order valence-electron chi connectivity index (χ3n) is 3.05. The Kier molecular flexibility index (Phi) is 2.62. The van der Waals surface area contributed by atoms with E-state index in [1.807, 2.05) is 30.1 Å². The summed E-state index contributed by atoms with van der Waals surface area (Å²) in [6.45, 7) is 0.935.